The Bertz CT molecular complexity index is 3020. The van der Waals surface area contributed by atoms with Crippen molar-refractivity contribution in [1.82, 2.24) is 4.57 Å². The van der Waals surface area contributed by atoms with Crippen LogP contribution in [0.4, 0.5) is 11.4 Å². The molecule has 9 aromatic rings. The summed E-state index contributed by atoms with van der Waals surface area (Å²) in [4.78, 5) is 0. The van der Waals surface area contributed by atoms with Crippen LogP contribution in [0.1, 0.15) is 56.7 Å². The summed E-state index contributed by atoms with van der Waals surface area (Å²) >= 11 is 0. The molecule has 56 heavy (non-hydrogen) atoms. The number of furan rings is 1. The minimum Gasteiger partial charge on any atom is -0.469 e. The third-order valence-electron chi connectivity index (χ3n) is 12.7. The maximum Gasteiger partial charge on any atom is 0.244 e. The summed E-state index contributed by atoms with van der Waals surface area (Å²) in [5.74, 6) is 0. The molecule has 7 aromatic carbocycles. The quantitative estimate of drug-likeness (QED) is 0.125. The van der Waals surface area contributed by atoms with Gasteiger partial charge in [-0.15, -0.1) is 0 Å². The van der Waals surface area contributed by atoms with E-state index in [-0.39, 0.29) is 5.41 Å². The Morgan fingerprint density at radius 3 is 2.23 bits per heavy atom. The third-order valence-corrected chi connectivity index (χ3v) is 12.7. The summed E-state index contributed by atoms with van der Waals surface area (Å²) in [6.07, 6.45) is 4.87. The molecule has 1 aliphatic heterocycles. The highest BCUT2D eigenvalue weighted by atomic mass is 16.3. The summed E-state index contributed by atoms with van der Waals surface area (Å²) < 4.78 is 9.25. The highest BCUT2D eigenvalue weighted by Gasteiger charge is 2.36. The third kappa shape index (κ3) is 4.91. The van der Waals surface area contributed by atoms with Crippen molar-refractivity contribution < 1.29 is 4.42 Å². The molecule has 0 spiro atoms. The van der Waals surface area contributed by atoms with E-state index in [0.29, 0.717) is 7.28 Å². The Hall–Kier alpha value is -6.26. The number of hydrogen-bond acceptors (Lipinski definition) is 2. The number of aryl methyl sites for hydroxylation is 1. The number of hydrogen-bond donors (Lipinski definition) is 1. The van der Waals surface area contributed by atoms with E-state index in [1.807, 2.05) is 0 Å². The molecule has 2 aliphatic rings. The summed E-state index contributed by atoms with van der Waals surface area (Å²) in [7, 11) is 0.708. The molecule has 3 nitrogen and oxygen atoms in total. The van der Waals surface area contributed by atoms with Gasteiger partial charge in [0, 0.05) is 38.5 Å². The fourth-order valence-corrected chi connectivity index (χ4v) is 9.90. The van der Waals surface area contributed by atoms with Crippen molar-refractivity contribution in [1.29, 1.82) is 0 Å². The van der Waals surface area contributed by atoms with Gasteiger partial charge in [-0.1, -0.05) is 131 Å². The Morgan fingerprint density at radius 1 is 0.643 bits per heavy atom. The van der Waals surface area contributed by atoms with Crippen molar-refractivity contribution in [3.05, 3.63) is 162 Å². The van der Waals surface area contributed by atoms with E-state index in [1.54, 1.807) is 0 Å². The molecule has 1 aliphatic carbocycles. The average Bonchev–Trinajstić information content (AvgIpc) is 3.85. The van der Waals surface area contributed by atoms with Gasteiger partial charge in [0.2, 0.25) is 7.28 Å². The summed E-state index contributed by atoms with van der Waals surface area (Å²) in [5.41, 5.74) is 20.7. The molecule has 1 N–H and O–H groups in total. The standard InChI is InChI=1S/C52H43BN2O/c1-4-5-6-15-32-24-27-34(28-25-32)54-44-21-12-8-17-37(44)41-31-40(33-26-29-36-35-16-7-11-20-42(35)52(2,3)43(36)30-33)47-38-18-9-13-22-45(38)55-49-39-19-10-14-23-46(39)56-51(49)53-48(41)50(47)55/h7-14,16-31,53-54H,4-6,15H2,1-3H3. The number of anilines is 2. The smallest absolute Gasteiger partial charge is 0.244 e. The van der Waals surface area contributed by atoms with Crippen LogP contribution in [-0.4, -0.2) is 11.8 Å². The molecule has 270 valence electrons. The van der Waals surface area contributed by atoms with Gasteiger partial charge in [0.25, 0.3) is 0 Å². The van der Waals surface area contributed by atoms with E-state index in [1.165, 1.54) is 102 Å². The second kappa shape index (κ2) is 12.6. The zero-order valence-corrected chi connectivity index (χ0v) is 32.2. The first-order valence-corrected chi connectivity index (χ1v) is 20.3. The average molecular weight is 723 g/mol. The maximum absolute atomic E-state index is 6.74. The second-order valence-electron chi connectivity index (χ2n) is 16.3. The van der Waals surface area contributed by atoms with Crippen LogP contribution in [0.3, 0.4) is 0 Å². The first-order valence-electron chi connectivity index (χ1n) is 20.3. The maximum atomic E-state index is 6.74. The summed E-state index contributed by atoms with van der Waals surface area (Å²) in [5, 5.41) is 7.56. The Balaban J connectivity index is 1.17. The van der Waals surface area contributed by atoms with Gasteiger partial charge in [0.1, 0.15) is 5.58 Å². The summed E-state index contributed by atoms with van der Waals surface area (Å²) in [6, 6.07) is 53.9. The Kier molecular flexibility index (Phi) is 7.48. The van der Waals surface area contributed by atoms with Crippen LogP contribution < -0.4 is 16.4 Å². The van der Waals surface area contributed by atoms with Crippen LogP contribution in [0.15, 0.2) is 150 Å². The number of nitrogens with zero attached hydrogens (tertiary/aromatic N) is 1. The highest BCUT2D eigenvalue weighted by molar-refractivity contribution is 6.73. The van der Waals surface area contributed by atoms with E-state index in [0.717, 1.165) is 34.4 Å². The fourth-order valence-electron chi connectivity index (χ4n) is 9.90. The second-order valence-corrected chi connectivity index (χ2v) is 16.3. The van der Waals surface area contributed by atoms with Crippen molar-refractivity contribution in [2.75, 3.05) is 5.32 Å². The lowest BCUT2D eigenvalue weighted by molar-refractivity contribution is 0.650. The van der Waals surface area contributed by atoms with Crippen LogP contribution in [-0.2, 0) is 11.8 Å². The molecule has 0 fully saturated rings. The lowest BCUT2D eigenvalue weighted by Gasteiger charge is -2.24. The molecular formula is C52H43BN2O. The van der Waals surface area contributed by atoms with Gasteiger partial charge in [-0.05, 0) is 111 Å². The van der Waals surface area contributed by atoms with Crippen molar-refractivity contribution >= 4 is 62.6 Å². The van der Waals surface area contributed by atoms with Gasteiger partial charge in [-0.2, -0.15) is 0 Å². The van der Waals surface area contributed by atoms with Crippen LogP contribution in [0, 0.1) is 0 Å². The van der Waals surface area contributed by atoms with E-state index in [4.69, 9.17) is 4.42 Å². The highest BCUT2D eigenvalue weighted by Crippen LogP contribution is 2.51. The molecule has 0 saturated heterocycles. The van der Waals surface area contributed by atoms with Crippen LogP contribution in [0.2, 0.25) is 0 Å². The molecular weight excluding hydrogens is 679 g/mol. The first kappa shape index (κ1) is 33.1. The van der Waals surface area contributed by atoms with Crippen LogP contribution in [0.5, 0.6) is 0 Å². The minimum atomic E-state index is -0.101. The molecule has 2 aromatic heterocycles. The van der Waals surface area contributed by atoms with E-state index >= 15 is 0 Å². The lowest BCUT2D eigenvalue weighted by Crippen LogP contribution is -2.36. The number of fused-ring (bicyclic) bond motifs is 10. The van der Waals surface area contributed by atoms with Crippen LogP contribution >= 0.6 is 0 Å². The molecule has 3 heterocycles. The van der Waals surface area contributed by atoms with Gasteiger partial charge < -0.3 is 14.3 Å². The van der Waals surface area contributed by atoms with Gasteiger partial charge in [-0.25, -0.2) is 0 Å². The van der Waals surface area contributed by atoms with Crippen molar-refractivity contribution in [3.63, 3.8) is 0 Å². The lowest BCUT2D eigenvalue weighted by atomic mass is 9.62. The van der Waals surface area contributed by atoms with E-state index in [2.05, 4.69) is 176 Å². The van der Waals surface area contributed by atoms with Crippen molar-refractivity contribution in [2.24, 2.45) is 0 Å². The van der Waals surface area contributed by atoms with Crippen molar-refractivity contribution in [2.45, 2.75) is 51.9 Å². The number of aromatic nitrogens is 1. The molecule has 0 amide bonds. The number of benzene rings is 7. The molecule has 4 heteroatoms. The monoisotopic (exact) mass is 722 g/mol. The van der Waals surface area contributed by atoms with Gasteiger partial charge in [0.05, 0.1) is 22.4 Å². The number of unbranched alkanes of at least 4 members (excludes halogenated alkanes) is 2. The van der Waals surface area contributed by atoms with Gasteiger partial charge in [0.15, 0.2) is 0 Å². The predicted molar refractivity (Wildman–Crippen MR) is 238 cm³/mol. The van der Waals surface area contributed by atoms with Crippen LogP contribution in [0.25, 0.3) is 71.8 Å². The largest absolute Gasteiger partial charge is 0.469 e. The number of nitrogens with one attached hydrogen (secondary N) is 1. The Labute approximate surface area is 328 Å². The van der Waals surface area contributed by atoms with Crippen molar-refractivity contribution in [3.8, 4) is 39.1 Å². The topological polar surface area (TPSA) is 30.1 Å². The molecule has 0 radical (unpaired) electrons. The molecule has 0 unspecified atom stereocenters. The molecule has 0 bridgehead atoms. The minimum absolute atomic E-state index is 0.101. The molecule has 0 atom stereocenters. The summed E-state index contributed by atoms with van der Waals surface area (Å²) in [6.45, 7) is 7.02. The van der Waals surface area contributed by atoms with Gasteiger partial charge >= 0.3 is 0 Å². The normalized spacial score (nSPS) is 13.5. The van der Waals surface area contributed by atoms with E-state index < -0.39 is 0 Å². The molecule has 11 rings (SSSR count). The van der Waals surface area contributed by atoms with Gasteiger partial charge in [-0.3, -0.25) is 0 Å². The predicted octanol–water partition coefficient (Wildman–Crippen LogP) is 12.3. The fraction of sp³-hybridized carbons (Fsp3) is 0.154. The SMILES string of the molecule is CCCCCc1ccc(Nc2ccccc2-c2cc(-c3ccc4c(c3)C(C)(C)c3ccccc3-4)c3c4ccccc4n4c3c2Bc2oc3ccccc3c2-4)cc1. The number of rotatable bonds is 8. The molecule has 0 saturated carbocycles. The first-order chi connectivity index (χ1) is 27.5. The zero-order valence-electron chi connectivity index (χ0n) is 32.2. The Morgan fingerprint density at radius 2 is 1.38 bits per heavy atom. The zero-order chi connectivity index (χ0) is 37.5. The van der Waals surface area contributed by atoms with E-state index in [9.17, 15) is 0 Å². The number of para-hydroxylation sites is 3.